The zero-order valence-corrected chi connectivity index (χ0v) is 21.0. The monoisotopic (exact) mass is 492 g/mol. The van der Waals surface area contributed by atoms with Crippen LogP contribution in [0.3, 0.4) is 0 Å². The topological polar surface area (TPSA) is 133 Å². The van der Waals surface area contributed by atoms with Gasteiger partial charge in [-0.1, -0.05) is 12.1 Å². The molecular weight excluding hydrogens is 456 g/mol. The Kier molecular flexibility index (Phi) is 10.6. The van der Waals surface area contributed by atoms with E-state index in [0.29, 0.717) is 19.0 Å². The molecule has 1 aromatic carbocycles. The number of carbonyl (C=O) groups is 1. The smallest absolute Gasteiger partial charge is 0.317 e. The lowest BCUT2D eigenvalue weighted by molar-refractivity contribution is -0.138. The second kappa shape index (κ2) is 14.1. The summed E-state index contributed by atoms with van der Waals surface area (Å²) in [6.07, 6.45) is 5.31. The molecule has 0 fully saturated rings. The number of benzene rings is 1. The van der Waals surface area contributed by atoms with E-state index in [2.05, 4.69) is 42.6 Å². The summed E-state index contributed by atoms with van der Waals surface area (Å²) in [7, 11) is 3.87. The SMILES string of the molecule is CN(CCc1cccc(Nc2nccc(-c3ccc(NCCCN)nc3)n2)c1)CCN(C)CC(=O)O. The Balaban J connectivity index is 1.54. The first kappa shape index (κ1) is 27.0. The molecule has 3 rings (SSSR count). The molecule has 10 nitrogen and oxygen atoms in total. The van der Waals surface area contributed by atoms with Gasteiger partial charge in [-0.2, -0.15) is 0 Å². The van der Waals surface area contributed by atoms with E-state index in [1.54, 1.807) is 12.4 Å². The van der Waals surface area contributed by atoms with Crippen LogP contribution < -0.4 is 16.4 Å². The van der Waals surface area contributed by atoms with Crippen molar-refractivity contribution in [3.05, 3.63) is 60.4 Å². The average Bonchev–Trinajstić information content (AvgIpc) is 2.87. The maximum Gasteiger partial charge on any atom is 0.317 e. The van der Waals surface area contributed by atoms with Crippen LogP contribution in [-0.4, -0.2) is 89.2 Å². The quantitative estimate of drug-likeness (QED) is 0.235. The van der Waals surface area contributed by atoms with E-state index in [-0.39, 0.29) is 6.54 Å². The molecule has 192 valence electrons. The summed E-state index contributed by atoms with van der Waals surface area (Å²) < 4.78 is 0. The molecule has 0 saturated carbocycles. The van der Waals surface area contributed by atoms with Crippen molar-refractivity contribution in [3.63, 3.8) is 0 Å². The number of carboxylic acids is 1. The van der Waals surface area contributed by atoms with Gasteiger partial charge in [-0.05, 0) is 69.4 Å². The summed E-state index contributed by atoms with van der Waals surface area (Å²) in [6, 6.07) is 14.0. The maximum absolute atomic E-state index is 10.8. The van der Waals surface area contributed by atoms with Crippen molar-refractivity contribution in [1.29, 1.82) is 0 Å². The standard InChI is InChI=1S/C26H36N8O2/c1-33(15-16-34(2)19-25(35)36)14-10-20-5-3-6-22(17-20)31-26-29-13-9-23(32-26)21-7-8-24(30-18-21)28-12-4-11-27/h3,5-9,13,17-18H,4,10-12,14-16,19,27H2,1-2H3,(H,28,30)(H,35,36)(H,29,31,32). The van der Waals surface area contributed by atoms with Gasteiger partial charge in [0.25, 0.3) is 0 Å². The minimum Gasteiger partial charge on any atom is -0.480 e. The number of rotatable bonds is 15. The second-order valence-electron chi connectivity index (χ2n) is 8.78. The molecule has 0 radical (unpaired) electrons. The van der Waals surface area contributed by atoms with Crippen molar-refractivity contribution in [2.75, 3.05) is 64.0 Å². The lowest BCUT2D eigenvalue weighted by Crippen LogP contribution is -2.34. The molecule has 3 aromatic rings. The van der Waals surface area contributed by atoms with Crippen molar-refractivity contribution in [2.45, 2.75) is 12.8 Å². The Hall–Kier alpha value is -3.60. The molecule has 2 heterocycles. The van der Waals surface area contributed by atoms with Crippen molar-refractivity contribution >= 4 is 23.4 Å². The lowest BCUT2D eigenvalue weighted by Gasteiger charge is -2.20. The van der Waals surface area contributed by atoms with Crippen LogP contribution in [0.1, 0.15) is 12.0 Å². The molecule has 0 aliphatic carbocycles. The van der Waals surface area contributed by atoms with E-state index in [1.807, 2.05) is 49.3 Å². The fourth-order valence-electron chi connectivity index (χ4n) is 3.57. The summed E-state index contributed by atoms with van der Waals surface area (Å²) in [5.74, 6) is 0.530. The zero-order valence-electron chi connectivity index (χ0n) is 21.0. The first-order chi connectivity index (χ1) is 17.4. The summed E-state index contributed by atoms with van der Waals surface area (Å²) >= 11 is 0. The lowest BCUT2D eigenvalue weighted by atomic mass is 10.1. The van der Waals surface area contributed by atoms with Crippen molar-refractivity contribution in [2.24, 2.45) is 5.73 Å². The highest BCUT2D eigenvalue weighted by molar-refractivity contribution is 5.69. The van der Waals surface area contributed by atoms with E-state index in [0.717, 1.165) is 55.2 Å². The van der Waals surface area contributed by atoms with E-state index in [4.69, 9.17) is 10.8 Å². The van der Waals surface area contributed by atoms with Gasteiger partial charge < -0.3 is 26.4 Å². The third-order valence-electron chi connectivity index (χ3n) is 5.64. The van der Waals surface area contributed by atoms with Crippen LogP contribution in [0.15, 0.2) is 54.9 Å². The van der Waals surface area contributed by atoms with E-state index < -0.39 is 5.97 Å². The van der Waals surface area contributed by atoms with Crippen LogP contribution in [0.25, 0.3) is 11.3 Å². The predicted molar refractivity (Wildman–Crippen MR) is 143 cm³/mol. The van der Waals surface area contributed by atoms with E-state index >= 15 is 0 Å². The average molecular weight is 493 g/mol. The third kappa shape index (κ3) is 9.21. The second-order valence-corrected chi connectivity index (χ2v) is 8.78. The van der Waals surface area contributed by atoms with Crippen LogP contribution in [0.2, 0.25) is 0 Å². The molecular formula is C26H36N8O2. The Morgan fingerprint density at radius 2 is 1.89 bits per heavy atom. The molecule has 0 spiro atoms. The van der Waals surface area contributed by atoms with Gasteiger partial charge in [-0.15, -0.1) is 0 Å². The fourth-order valence-corrected chi connectivity index (χ4v) is 3.57. The highest BCUT2D eigenvalue weighted by Crippen LogP contribution is 2.20. The van der Waals surface area contributed by atoms with Gasteiger partial charge in [0.05, 0.1) is 12.2 Å². The summed E-state index contributed by atoms with van der Waals surface area (Å²) in [5, 5.41) is 15.4. The van der Waals surface area contributed by atoms with Crippen LogP contribution in [-0.2, 0) is 11.2 Å². The maximum atomic E-state index is 10.8. The van der Waals surface area contributed by atoms with Crippen LogP contribution in [0.4, 0.5) is 17.5 Å². The number of nitrogens with two attached hydrogens (primary N) is 1. The molecule has 0 amide bonds. The molecule has 0 aliphatic heterocycles. The highest BCUT2D eigenvalue weighted by Gasteiger charge is 2.07. The summed E-state index contributed by atoms with van der Waals surface area (Å²) in [4.78, 5) is 28.3. The number of aliphatic carboxylic acids is 1. The largest absolute Gasteiger partial charge is 0.480 e. The number of hydrogen-bond donors (Lipinski definition) is 4. The first-order valence-corrected chi connectivity index (χ1v) is 12.1. The van der Waals surface area contributed by atoms with Crippen molar-refractivity contribution < 1.29 is 9.90 Å². The van der Waals surface area contributed by atoms with Crippen LogP contribution in [0.5, 0.6) is 0 Å². The Morgan fingerprint density at radius 1 is 1.06 bits per heavy atom. The Bertz CT molecular complexity index is 1090. The Labute approximate surface area is 212 Å². The number of carboxylic acid groups (broad SMARTS) is 1. The molecule has 0 atom stereocenters. The predicted octanol–water partition coefficient (Wildman–Crippen LogP) is 2.53. The highest BCUT2D eigenvalue weighted by atomic mass is 16.4. The number of hydrogen-bond acceptors (Lipinski definition) is 9. The Morgan fingerprint density at radius 3 is 2.64 bits per heavy atom. The number of nitrogens with zero attached hydrogens (tertiary/aromatic N) is 5. The summed E-state index contributed by atoms with van der Waals surface area (Å²) in [6.45, 7) is 3.89. The number of likely N-dealkylation sites (N-methyl/N-ethyl adjacent to an activating group) is 2. The van der Waals surface area contributed by atoms with Crippen LogP contribution in [0, 0.1) is 0 Å². The normalized spacial score (nSPS) is 11.1. The van der Waals surface area contributed by atoms with Crippen LogP contribution >= 0.6 is 0 Å². The van der Waals surface area contributed by atoms with Gasteiger partial charge in [0.1, 0.15) is 5.82 Å². The van der Waals surface area contributed by atoms with Gasteiger partial charge in [-0.3, -0.25) is 9.69 Å². The minimum atomic E-state index is -0.806. The molecule has 5 N–H and O–H groups in total. The van der Waals surface area contributed by atoms with Gasteiger partial charge >= 0.3 is 5.97 Å². The number of anilines is 3. The third-order valence-corrected chi connectivity index (χ3v) is 5.64. The molecule has 0 unspecified atom stereocenters. The first-order valence-electron chi connectivity index (χ1n) is 12.1. The van der Waals surface area contributed by atoms with Gasteiger partial charge in [0, 0.05) is 49.8 Å². The minimum absolute atomic E-state index is 0.0547. The van der Waals surface area contributed by atoms with E-state index in [1.165, 1.54) is 5.56 Å². The number of pyridine rings is 1. The molecule has 0 saturated heterocycles. The van der Waals surface area contributed by atoms with Crippen molar-refractivity contribution in [1.82, 2.24) is 24.8 Å². The summed E-state index contributed by atoms with van der Waals surface area (Å²) in [5.41, 5.74) is 9.35. The number of nitrogens with one attached hydrogen (secondary N) is 2. The molecule has 10 heteroatoms. The fraction of sp³-hybridized carbons (Fsp3) is 0.385. The zero-order chi connectivity index (χ0) is 25.8. The molecule has 36 heavy (non-hydrogen) atoms. The van der Waals surface area contributed by atoms with Crippen molar-refractivity contribution in [3.8, 4) is 11.3 Å². The molecule has 0 bridgehead atoms. The van der Waals surface area contributed by atoms with Gasteiger partial charge in [0.2, 0.25) is 5.95 Å². The van der Waals surface area contributed by atoms with Gasteiger partial charge in [-0.25, -0.2) is 15.0 Å². The number of aromatic nitrogens is 3. The van der Waals surface area contributed by atoms with Gasteiger partial charge in [0.15, 0.2) is 0 Å². The van der Waals surface area contributed by atoms with E-state index in [9.17, 15) is 4.79 Å². The molecule has 0 aliphatic rings. The molecule has 2 aromatic heterocycles.